The van der Waals surface area contributed by atoms with E-state index in [4.69, 9.17) is 4.52 Å². The van der Waals surface area contributed by atoms with Gasteiger partial charge in [-0.1, -0.05) is 12.1 Å². The average Bonchev–Trinajstić information content (AvgIpc) is 2.83. The molecule has 0 atom stereocenters. The van der Waals surface area contributed by atoms with E-state index in [0.717, 1.165) is 19.5 Å². The van der Waals surface area contributed by atoms with Crippen LogP contribution >= 0.6 is 0 Å². The molecule has 0 unspecified atom stereocenters. The molecule has 1 aliphatic carbocycles. The standard InChI is InChI=1S/C12H18N2O/c1-2-10-9-3-4-12(11(9)15-14-10)5-7-13-8-6-12/h13H,2-8H2,1H3. The molecule has 1 aliphatic heterocycles. The van der Waals surface area contributed by atoms with Crippen molar-refractivity contribution in [3.8, 4) is 0 Å². The van der Waals surface area contributed by atoms with Gasteiger partial charge in [0.15, 0.2) is 0 Å². The molecule has 15 heavy (non-hydrogen) atoms. The van der Waals surface area contributed by atoms with E-state index in [1.807, 2.05) is 0 Å². The Hall–Kier alpha value is -0.830. The summed E-state index contributed by atoms with van der Waals surface area (Å²) in [6.07, 6.45) is 5.91. The Kier molecular flexibility index (Phi) is 2.09. The second-order valence-corrected chi connectivity index (χ2v) is 4.82. The van der Waals surface area contributed by atoms with E-state index in [0.29, 0.717) is 5.41 Å². The Bertz CT molecular complexity index is 364. The normalized spacial score (nSPS) is 23.3. The minimum atomic E-state index is 0.334. The van der Waals surface area contributed by atoms with Gasteiger partial charge < -0.3 is 9.84 Å². The highest BCUT2D eigenvalue weighted by Crippen LogP contribution is 2.46. The molecular formula is C12H18N2O. The first-order chi connectivity index (χ1) is 7.36. The Morgan fingerprint density at radius 1 is 1.33 bits per heavy atom. The minimum absolute atomic E-state index is 0.334. The summed E-state index contributed by atoms with van der Waals surface area (Å²) in [5, 5.41) is 7.64. The van der Waals surface area contributed by atoms with Gasteiger partial charge in [-0.15, -0.1) is 0 Å². The van der Waals surface area contributed by atoms with E-state index < -0.39 is 0 Å². The maximum Gasteiger partial charge on any atom is 0.146 e. The van der Waals surface area contributed by atoms with Crippen LogP contribution in [0.25, 0.3) is 0 Å². The third kappa shape index (κ3) is 1.26. The first-order valence-corrected chi connectivity index (χ1v) is 6.04. The lowest BCUT2D eigenvalue weighted by molar-refractivity contribution is 0.233. The second-order valence-electron chi connectivity index (χ2n) is 4.82. The number of aryl methyl sites for hydroxylation is 1. The number of fused-ring (bicyclic) bond motifs is 2. The molecule has 1 fully saturated rings. The molecule has 82 valence electrons. The Balaban J connectivity index is 1.99. The topological polar surface area (TPSA) is 38.1 Å². The lowest BCUT2D eigenvalue weighted by atomic mass is 9.77. The van der Waals surface area contributed by atoms with E-state index >= 15 is 0 Å². The summed E-state index contributed by atoms with van der Waals surface area (Å²) < 4.78 is 5.61. The van der Waals surface area contributed by atoms with Crippen LogP contribution < -0.4 is 5.32 Å². The molecule has 1 spiro atoms. The summed E-state index contributed by atoms with van der Waals surface area (Å²) in [5.41, 5.74) is 2.96. The van der Waals surface area contributed by atoms with E-state index in [1.165, 1.54) is 42.7 Å². The van der Waals surface area contributed by atoms with E-state index in [9.17, 15) is 0 Å². The van der Waals surface area contributed by atoms with Crippen molar-refractivity contribution >= 4 is 0 Å². The van der Waals surface area contributed by atoms with Crippen LogP contribution in [0.3, 0.4) is 0 Å². The van der Waals surface area contributed by atoms with Crippen LogP contribution in [-0.4, -0.2) is 18.2 Å². The van der Waals surface area contributed by atoms with Gasteiger partial charge in [0, 0.05) is 11.0 Å². The van der Waals surface area contributed by atoms with Gasteiger partial charge in [-0.2, -0.15) is 0 Å². The summed E-state index contributed by atoms with van der Waals surface area (Å²) in [4.78, 5) is 0. The van der Waals surface area contributed by atoms with Crippen LogP contribution in [0, 0.1) is 0 Å². The molecule has 0 saturated carbocycles. The quantitative estimate of drug-likeness (QED) is 0.761. The van der Waals surface area contributed by atoms with Gasteiger partial charge in [0.1, 0.15) is 5.76 Å². The smallest absolute Gasteiger partial charge is 0.146 e. The van der Waals surface area contributed by atoms with Gasteiger partial charge in [-0.3, -0.25) is 0 Å². The minimum Gasteiger partial charge on any atom is -0.360 e. The third-order valence-electron chi connectivity index (χ3n) is 4.10. The highest BCUT2D eigenvalue weighted by atomic mass is 16.5. The van der Waals surface area contributed by atoms with Gasteiger partial charge in [-0.05, 0) is 45.2 Å². The van der Waals surface area contributed by atoms with Gasteiger partial charge in [0.25, 0.3) is 0 Å². The maximum absolute atomic E-state index is 5.61. The van der Waals surface area contributed by atoms with Crippen LogP contribution in [0.5, 0.6) is 0 Å². The molecule has 0 aromatic carbocycles. The number of piperidine rings is 1. The van der Waals surface area contributed by atoms with E-state index in [-0.39, 0.29) is 0 Å². The number of aromatic nitrogens is 1. The van der Waals surface area contributed by atoms with Gasteiger partial charge in [0.05, 0.1) is 5.69 Å². The molecule has 1 aromatic heterocycles. The summed E-state index contributed by atoms with van der Waals surface area (Å²) in [5.74, 6) is 1.22. The predicted molar refractivity (Wildman–Crippen MR) is 58.0 cm³/mol. The Morgan fingerprint density at radius 2 is 2.13 bits per heavy atom. The van der Waals surface area contributed by atoms with E-state index in [1.54, 1.807) is 0 Å². The monoisotopic (exact) mass is 206 g/mol. The van der Waals surface area contributed by atoms with Crippen LogP contribution in [0.4, 0.5) is 0 Å². The molecule has 1 aromatic rings. The van der Waals surface area contributed by atoms with Crippen LogP contribution in [0.1, 0.15) is 43.2 Å². The van der Waals surface area contributed by atoms with Gasteiger partial charge >= 0.3 is 0 Å². The Morgan fingerprint density at radius 3 is 2.87 bits per heavy atom. The molecule has 0 radical (unpaired) electrons. The average molecular weight is 206 g/mol. The number of hydrogen-bond acceptors (Lipinski definition) is 3. The zero-order chi connectivity index (χ0) is 10.3. The Labute approximate surface area is 90.2 Å². The summed E-state index contributed by atoms with van der Waals surface area (Å²) in [7, 11) is 0. The SMILES string of the molecule is CCc1noc2c1CCC21CCNCC1. The summed E-state index contributed by atoms with van der Waals surface area (Å²) in [6.45, 7) is 4.41. The first-order valence-electron chi connectivity index (χ1n) is 6.04. The summed E-state index contributed by atoms with van der Waals surface area (Å²) in [6, 6.07) is 0. The molecule has 2 heterocycles. The number of nitrogens with one attached hydrogen (secondary N) is 1. The van der Waals surface area contributed by atoms with Crippen LogP contribution in [-0.2, 0) is 18.3 Å². The molecule has 1 saturated heterocycles. The molecule has 1 N–H and O–H groups in total. The van der Waals surface area contributed by atoms with Gasteiger partial charge in [-0.25, -0.2) is 0 Å². The lowest BCUT2D eigenvalue weighted by Crippen LogP contribution is -2.38. The van der Waals surface area contributed by atoms with Crippen molar-refractivity contribution in [2.24, 2.45) is 0 Å². The van der Waals surface area contributed by atoms with Crippen LogP contribution in [0.2, 0.25) is 0 Å². The maximum atomic E-state index is 5.61. The largest absolute Gasteiger partial charge is 0.360 e. The number of hydrogen-bond donors (Lipinski definition) is 1. The van der Waals surface area contributed by atoms with Crippen LogP contribution in [0.15, 0.2) is 4.52 Å². The fourth-order valence-electron chi connectivity index (χ4n) is 3.15. The molecule has 0 amide bonds. The fraction of sp³-hybridized carbons (Fsp3) is 0.750. The lowest BCUT2D eigenvalue weighted by Gasteiger charge is -2.32. The molecule has 0 bridgehead atoms. The number of rotatable bonds is 1. The molecule has 3 heteroatoms. The zero-order valence-electron chi connectivity index (χ0n) is 9.31. The van der Waals surface area contributed by atoms with Crippen molar-refractivity contribution < 1.29 is 4.52 Å². The van der Waals surface area contributed by atoms with Crippen molar-refractivity contribution in [1.82, 2.24) is 10.5 Å². The molecule has 3 rings (SSSR count). The molecule has 3 nitrogen and oxygen atoms in total. The summed E-state index contributed by atoms with van der Waals surface area (Å²) >= 11 is 0. The number of nitrogens with zero attached hydrogens (tertiary/aromatic N) is 1. The van der Waals surface area contributed by atoms with Crippen molar-refractivity contribution in [1.29, 1.82) is 0 Å². The van der Waals surface area contributed by atoms with Gasteiger partial charge in [0.2, 0.25) is 0 Å². The predicted octanol–water partition coefficient (Wildman–Crippen LogP) is 1.80. The first kappa shape index (κ1) is 9.40. The molecule has 2 aliphatic rings. The highest BCUT2D eigenvalue weighted by molar-refractivity contribution is 5.35. The van der Waals surface area contributed by atoms with Crippen molar-refractivity contribution in [3.63, 3.8) is 0 Å². The third-order valence-corrected chi connectivity index (χ3v) is 4.10. The van der Waals surface area contributed by atoms with E-state index in [2.05, 4.69) is 17.4 Å². The molecular weight excluding hydrogens is 188 g/mol. The fourth-order valence-corrected chi connectivity index (χ4v) is 3.15. The van der Waals surface area contributed by atoms with Crippen molar-refractivity contribution in [3.05, 3.63) is 17.0 Å². The highest BCUT2D eigenvalue weighted by Gasteiger charge is 2.44. The second kappa shape index (κ2) is 3.34. The van der Waals surface area contributed by atoms with Crippen molar-refractivity contribution in [2.75, 3.05) is 13.1 Å². The van der Waals surface area contributed by atoms with Crippen molar-refractivity contribution in [2.45, 2.75) is 44.4 Å². The zero-order valence-corrected chi connectivity index (χ0v) is 9.31.